The molecule has 23 heavy (non-hydrogen) atoms. The van der Waals surface area contributed by atoms with E-state index in [1.807, 2.05) is 0 Å². The van der Waals surface area contributed by atoms with Crippen LogP contribution in [0.25, 0.3) is 0 Å². The molecular formula is C16H11BrF3NO2. The van der Waals surface area contributed by atoms with E-state index in [4.69, 9.17) is 5.11 Å². The molecule has 0 saturated heterocycles. The lowest BCUT2D eigenvalue weighted by Crippen LogP contribution is -2.08. The molecule has 2 aromatic rings. The smallest absolute Gasteiger partial charge is 0.337 e. The highest BCUT2D eigenvalue weighted by Gasteiger charge is 2.25. The molecule has 0 spiro atoms. The molecule has 1 aliphatic carbocycles. The molecule has 0 bridgehead atoms. The average molecular weight is 386 g/mol. The van der Waals surface area contributed by atoms with Gasteiger partial charge in [-0.15, -0.1) is 0 Å². The summed E-state index contributed by atoms with van der Waals surface area (Å²) in [6.45, 7) is 0. The fourth-order valence-corrected chi connectivity index (χ4v) is 2.73. The standard InChI is InChI=1S/C16H11BrF3NO2/c17-10-6-9(16(22)23)15(14(20)13(10)19)21-12-4-3-8(5-11(12)18)7-1-2-7/h3-7,21H,1-2H2,(H,22,23). The van der Waals surface area contributed by atoms with Crippen LogP contribution in [0, 0.1) is 17.5 Å². The van der Waals surface area contributed by atoms with Gasteiger partial charge in [0, 0.05) is 0 Å². The van der Waals surface area contributed by atoms with Crippen molar-refractivity contribution in [2.75, 3.05) is 5.32 Å². The predicted octanol–water partition coefficient (Wildman–Crippen LogP) is 5.19. The van der Waals surface area contributed by atoms with Crippen LogP contribution in [0.5, 0.6) is 0 Å². The Hall–Kier alpha value is -2.02. The zero-order valence-electron chi connectivity index (χ0n) is 11.7. The van der Waals surface area contributed by atoms with Crippen LogP contribution in [0.15, 0.2) is 28.7 Å². The molecule has 0 unspecified atom stereocenters. The maximum Gasteiger partial charge on any atom is 0.337 e. The molecule has 2 aromatic carbocycles. The first-order valence-corrected chi connectivity index (χ1v) is 7.65. The SMILES string of the molecule is O=C(O)c1cc(Br)c(F)c(F)c1Nc1ccc(C2CC2)cc1F. The Labute approximate surface area is 138 Å². The molecule has 0 radical (unpaired) electrons. The summed E-state index contributed by atoms with van der Waals surface area (Å²) in [4.78, 5) is 11.2. The second kappa shape index (κ2) is 5.88. The molecule has 0 amide bonds. The van der Waals surface area contributed by atoms with Crippen LogP contribution in [0.1, 0.15) is 34.7 Å². The van der Waals surface area contributed by atoms with Crippen molar-refractivity contribution in [1.82, 2.24) is 0 Å². The van der Waals surface area contributed by atoms with E-state index in [1.165, 1.54) is 12.1 Å². The van der Waals surface area contributed by atoms with E-state index in [-0.39, 0.29) is 10.2 Å². The molecule has 0 aromatic heterocycles. The van der Waals surface area contributed by atoms with E-state index in [2.05, 4.69) is 21.2 Å². The number of nitrogens with one attached hydrogen (secondary N) is 1. The summed E-state index contributed by atoms with van der Waals surface area (Å²) in [5, 5.41) is 11.5. The van der Waals surface area contributed by atoms with Crippen LogP contribution in [-0.4, -0.2) is 11.1 Å². The van der Waals surface area contributed by atoms with Crippen LogP contribution in [0.3, 0.4) is 0 Å². The van der Waals surface area contributed by atoms with Gasteiger partial charge in [0.25, 0.3) is 0 Å². The summed E-state index contributed by atoms with van der Waals surface area (Å²) >= 11 is 2.75. The van der Waals surface area contributed by atoms with E-state index in [1.54, 1.807) is 6.07 Å². The Bertz CT molecular complexity index is 806. The summed E-state index contributed by atoms with van der Waals surface area (Å²) in [5.74, 6) is -4.39. The number of rotatable bonds is 4. The first kappa shape index (κ1) is 15.9. The van der Waals surface area contributed by atoms with Gasteiger partial charge in [0.1, 0.15) is 5.82 Å². The highest BCUT2D eigenvalue weighted by Crippen LogP contribution is 2.41. The minimum atomic E-state index is -1.46. The molecule has 0 atom stereocenters. The van der Waals surface area contributed by atoms with Crippen molar-refractivity contribution >= 4 is 33.3 Å². The van der Waals surface area contributed by atoms with E-state index in [0.717, 1.165) is 24.5 Å². The number of benzene rings is 2. The van der Waals surface area contributed by atoms with Crippen molar-refractivity contribution in [1.29, 1.82) is 0 Å². The zero-order valence-corrected chi connectivity index (χ0v) is 13.3. The van der Waals surface area contributed by atoms with Gasteiger partial charge in [-0.1, -0.05) is 6.07 Å². The molecule has 1 fully saturated rings. The largest absolute Gasteiger partial charge is 0.478 e. The minimum Gasteiger partial charge on any atom is -0.478 e. The van der Waals surface area contributed by atoms with Crippen molar-refractivity contribution in [3.63, 3.8) is 0 Å². The van der Waals surface area contributed by atoms with Gasteiger partial charge < -0.3 is 10.4 Å². The van der Waals surface area contributed by atoms with Gasteiger partial charge in [0.2, 0.25) is 0 Å². The number of aromatic carboxylic acids is 1. The topological polar surface area (TPSA) is 49.3 Å². The molecule has 3 nitrogen and oxygen atoms in total. The first-order valence-electron chi connectivity index (χ1n) is 6.85. The number of hydrogen-bond acceptors (Lipinski definition) is 2. The number of carboxylic acid groups (broad SMARTS) is 1. The molecule has 1 saturated carbocycles. The van der Waals surface area contributed by atoms with Crippen molar-refractivity contribution in [3.05, 3.63) is 57.3 Å². The van der Waals surface area contributed by atoms with Gasteiger partial charge in [-0.05, 0) is 58.5 Å². The Morgan fingerprint density at radius 3 is 2.43 bits per heavy atom. The van der Waals surface area contributed by atoms with E-state index in [0.29, 0.717) is 5.92 Å². The van der Waals surface area contributed by atoms with E-state index in [9.17, 15) is 18.0 Å². The number of carbonyl (C=O) groups is 1. The minimum absolute atomic E-state index is 0.113. The lowest BCUT2D eigenvalue weighted by Gasteiger charge is -2.13. The highest BCUT2D eigenvalue weighted by atomic mass is 79.9. The number of halogens is 4. The molecule has 7 heteroatoms. The summed E-state index contributed by atoms with van der Waals surface area (Å²) < 4.78 is 41.5. The van der Waals surface area contributed by atoms with Crippen LogP contribution < -0.4 is 5.32 Å². The number of anilines is 2. The van der Waals surface area contributed by atoms with Gasteiger partial charge in [0.15, 0.2) is 11.6 Å². The zero-order chi connectivity index (χ0) is 16.7. The van der Waals surface area contributed by atoms with Gasteiger partial charge in [-0.3, -0.25) is 0 Å². The Balaban J connectivity index is 2.02. The molecule has 120 valence electrons. The second-order valence-corrected chi connectivity index (χ2v) is 6.21. The maximum atomic E-state index is 14.1. The molecule has 3 rings (SSSR count). The molecule has 0 aliphatic heterocycles. The van der Waals surface area contributed by atoms with Crippen molar-refractivity contribution in [2.24, 2.45) is 0 Å². The third-order valence-electron chi connectivity index (χ3n) is 3.69. The maximum absolute atomic E-state index is 14.1. The van der Waals surface area contributed by atoms with Crippen molar-refractivity contribution in [3.8, 4) is 0 Å². The first-order chi connectivity index (χ1) is 10.9. The number of carboxylic acids is 1. The molecular weight excluding hydrogens is 375 g/mol. The van der Waals surface area contributed by atoms with Crippen LogP contribution in [0.4, 0.5) is 24.5 Å². The fraction of sp³-hybridized carbons (Fsp3) is 0.188. The Morgan fingerprint density at radius 2 is 1.87 bits per heavy atom. The lowest BCUT2D eigenvalue weighted by molar-refractivity contribution is 0.0697. The van der Waals surface area contributed by atoms with Crippen molar-refractivity contribution < 1.29 is 23.1 Å². The van der Waals surface area contributed by atoms with E-state index >= 15 is 0 Å². The summed E-state index contributed by atoms with van der Waals surface area (Å²) in [6.07, 6.45) is 2.00. The van der Waals surface area contributed by atoms with Crippen LogP contribution in [-0.2, 0) is 0 Å². The molecule has 2 N–H and O–H groups in total. The van der Waals surface area contributed by atoms with Gasteiger partial charge in [0.05, 0.1) is 21.4 Å². The van der Waals surface area contributed by atoms with Gasteiger partial charge in [-0.2, -0.15) is 0 Å². The third-order valence-corrected chi connectivity index (χ3v) is 4.27. The number of hydrogen-bond donors (Lipinski definition) is 2. The summed E-state index contributed by atoms with van der Waals surface area (Å²) in [7, 11) is 0. The second-order valence-electron chi connectivity index (χ2n) is 5.35. The highest BCUT2D eigenvalue weighted by molar-refractivity contribution is 9.10. The predicted molar refractivity (Wildman–Crippen MR) is 82.7 cm³/mol. The monoisotopic (exact) mass is 385 g/mol. The van der Waals surface area contributed by atoms with Gasteiger partial charge in [-0.25, -0.2) is 18.0 Å². The van der Waals surface area contributed by atoms with Crippen LogP contribution >= 0.6 is 15.9 Å². The van der Waals surface area contributed by atoms with Gasteiger partial charge >= 0.3 is 5.97 Å². The van der Waals surface area contributed by atoms with Crippen molar-refractivity contribution in [2.45, 2.75) is 18.8 Å². The molecule has 1 aliphatic rings. The van der Waals surface area contributed by atoms with Crippen LogP contribution in [0.2, 0.25) is 0 Å². The molecule has 0 heterocycles. The third kappa shape index (κ3) is 3.06. The van der Waals surface area contributed by atoms with E-state index < -0.39 is 34.7 Å². The average Bonchev–Trinajstić information content (AvgIpc) is 3.33. The fourth-order valence-electron chi connectivity index (χ4n) is 2.32. The summed E-state index contributed by atoms with van der Waals surface area (Å²) in [6, 6.07) is 5.34. The summed E-state index contributed by atoms with van der Waals surface area (Å²) in [5.41, 5.74) is -0.385. The quantitative estimate of drug-likeness (QED) is 0.712. The Morgan fingerprint density at radius 1 is 1.17 bits per heavy atom. The lowest BCUT2D eigenvalue weighted by atomic mass is 10.1. The normalized spacial score (nSPS) is 13.9. The Kier molecular flexibility index (Phi) is 4.06.